The summed E-state index contributed by atoms with van der Waals surface area (Å²) in [7, 11) is 0. The minimum Gasteiger partial charge on any atom is -0.364 e. The molecule has 2 heterocycles. The molecule has 0 spiro atoms. The first-order valence-electron chi connectivity index (χ1n) is 7.20. The maximum atomic E-state index is 12.0. The van der Waals surface area contributed by atoms with Gasteiger partial charge in [0.05, 0.1) is 0 Å². The van der Waals surface area contributed by atoms with E-state index >= 15 is 0 Å². The van der Waals surface area contributed by atoms with Gasteiger partial charge < -0.3 is 9.84 Å². The van der Waals surface area contributed by atoms with Crippen LogP contribution in [-0.4, -0.2) is 35.1 Å². The lowest BCUT2D eigenvalue weighted by Crippen LogP contribution is -2.39. The van der Waals surface area contributed by atoms with Crippen LogP contribution < -0.4 is 5.32 Å². The Kier molecular flexibility index (Phi) is 4.01. The zero-order chi connectivity index (χ0) is 14.7. The number of hydrogen-bond acceptors (Lipinski definition) is 4. The SMILES string of the molecule is C[C@H]1CN(Cc2ccccc2)C[C@@H]1NC(=O)c1ccon1. The first kappa shape index (κ1) is 13.8. The number of likely N-dealkylation sites (tertiary alicyclic amines) is 1. The minimum absolute atomic E-state index is 0.151. The lowest BCUT2D eigenvalue weighted by molar-refractivity contribution is 0.0922. The summed E-state index contributed by atoms with van der Waals surface area (Å²) in [5.74, 6) is 0.256. The highest BCUT2D eigenvalue weighted by atomic mass is 16.5. The lowest BCUT2D eigenvalue weighted by Gasteiger charge is -2.16. The van der Waals surface area contributed by atoms with Crippen molar-refractivity contribution in [2.45, 2.75) is 19.5 Å². The number of rotatable bonds is 4. The fourth-order valence-corrected chi connectivity index (χ4v) is 2.80. The summed E-state index contributed by atoms with van der Waals surface area (Å²) < 4.78 is 4.71. The zero-order valence-corrected chi connectivity index (χ0v) is 12.0. The van der Waals surface area contributed by atoms with E-state index in [2.05, 4.69) is 46.6 Å². The molecule has 5 nitrogen and oxygen atoms in total. The molecule has 1 aliphatic rings. The third-order valence-corrected chi connectivity index (χ3v) is 3.92. The predicted octanol–water partition coefficient (Wildman–Crippen LogP) is 1.92. The van der Waals surface area contributed by atoms with Crippen LogP contribution in [0.4, 0.5) is 0 Å². The molecule has 0 radical (unpaired) electrons. The van der Waals surface area contributed by atoms with E-state index < -0.39 is 0 Å². The van der Waals surface area contributed by atoms with E-state index in [4.69, 9.17) is 4.52 Å². The molecule has 1 fully saturated rings. The van der Waals surface area contributed by atoms with Crippen LogP contribution in [0.5, 0.6) is 0 Å². The zero-order valence-electron chi connectivity index (χ0n) is 12.0. The van der Waals surface area contributed by atoms with Gasteiger partial charge in [-0.05, 0) is 11.5 Å². The number of aromatic nitrogens is 1. The molecular formula is C16H19N3O2. The quantitative estimate of drug-likeness (QED) is 0.932. The Morgan fingerprint density at radius 2 is 2.14 bits per heavy atom. The van der Waals surface area contributed by atoms with E-state index in [9.17, 15) is 4.79 Å². The van der Waals surface area contributed by atoms with E-state index in [1.165, 1.54) is 11.8 Å². The first-order valence-corrected chi connectivity index (χ1v) is 7.20. The topological polar surface area (TPSA) is 58.4 Å². The van der Waals surface area contributed by atoms with E-state index in [0.717, 1.165) is 19.6 Å². The number of nitrogens with zero attached hydrogens (tertiary/aromatic N) is 2. The summed E-state index contributed by atoms with van der Waals surface area (Å²) >= 11 is 0. The number of amides is 1. The standard InChI is InChI=1S/C16H19N3O2/c1-12-9-19(10-13-5-3-2-4-6-13)11-15(12)17-16(20)14-7-8-21-18-14/h2-8,12,15H,9-11H2,1H3,(H,17,20)/t12-,15-/m0/s1. The first-order chi connectivity index (χ1) is 10.2. The summed E-state index contributed by atoms with van der Waals surface area (Å²) in [6.07, 6.45) is 1.41. The summed E-state index contributed by atoms with van der Waals surface area (Å²) in [6.45, 7) is 4.93. The van der Waals surface area contributed by atoms with Gasteiger partial charge in [0.1, 0.15) is 6.26 Å². The second-order valence-electron chi connectivity index (χ2n) is 5.62. The van der Waals surface area contributed by atoms with Crippen molar-refractivity contribution in [2.75, 3.05) is 13.1 Å². The Balaban J connectivity index is 1.57. The van der Waals surface area contributed by atoms with Crippen molar-refractivity contribution in [3.63, 3.8) is 0 Å². The van der Waals surface area contributed by atoms with Gasteiger partial charge in [-0.25, -0.2) is 0 Å². The van der Waals surface area contributed by atoms with Crippen molar-refractivity contribution >= 4 is 5.91 Å². The number of carbonyl (C=O) groups excluding carboxylic acids is 1. The number of benzene rings is 1. The van der Waals surface area contributed by atoms with Crippen LogP contribution in [0.15, 0.2) is 47.2 Å². The number of hydrogen-bond donors (Lipinski definition) is 1. The van der Waals surface area contributed by atoms with Gasteiger partial charge in [0, 0.05) is 31.7 Å². The average Bonchev–Trinajstić information content (AvgIpc) is 3.11. The monoisotopic (exact) mass is 285 g/mol. The Bertz CT molecular complexity index is 583. The van der Waals surface area contributed by atoms with Crippen molar-refractivity contribution in [1.29, 1.82) is 0 Å². The molecule has 3 rings (SSSR count). The van der Waals surface area contributed by atoms with Gasteiger partial charge in [0.15, 0.2) is 5.69 Å². The number of nitrogens with one attached hydrogen (secondary N) is 1. The fourth-order valence-electron chi connectivity index (χ4n) is 2.80. The van der Waals surface area contributed by atoms with Crippen molar-refractivity contribution in [1.82, 2.24) is 15.4 Å². The Morgan fingerprint density at radius 3 is 2.86 bits per heavy atom. The van der Waals surface area contributed by atoms with Crippen LogP contribution >= 0.6 is 0 Å². The largest absolute Gasteiger partial charge is 0.364 e. The molecule has 0 unspecified atom stereocenters. The minimum atomic E-state index is -0.165. The van der Waals surface area contributed by atoms with Crippen LogP contribution in [0.1, 0.15) is 23.0 Å². The molecule has 21 heavy (non-hydrogen) atoms. The van der Waals surface area contributed by atoms with Gasteiger partial charge in [0.25, 0.3) is 5.91 Å². The molecule has 0 saturated carbocycles. The van der Waals surface area contributed by atoms with Crippen LogP contribution in [0.25, 0.3) is 0 Å². The van der Waals surface area contributed by atoms with Crippen LogP contribution in [0, 0.1) is 5.92 Å². The van der Waals surface area contributed by atoms with Crippen LogP contribution in [-0.2, 0) is 6.54 Å². The highest BCUT2D eigenvalue weighted by Gasteiger charge is 2.31. The fraction of sp³-hybridized carbons (Fsp3) is 0.375. The molecule has 2 atom stereocenters. The molecule has 0 aliphatic carbocycles. The second-order valence-corrected chi connectivity index (χ2v) is 5.62. The average molecular weight is 285 g/mol. The molecule has 1 aromatic heterocycles. The summed E-state index contributed by atoms with van der Waals surface area (Å²) in [4.78, 5) is 14.4. The molecule has 0 bridgehead atoms. The molecule has 110 valence electrons. The summed E-state index contributed by atoms with van der Waals surface area (Å²) in [5, 5.41) is 6.71. The van der Waals surface area contributed by atoms with Gasteiger partial charge in [-0.2, -0.15) is 0 Å². The van der Waals surface area contributed by atoms with Gasteiger partial charge >= 0.3 is 0 Å². The van der Waals surface area contributed by atoms with Crippen molar-refractivity contribution in [2.24, 2.45) is 5.92 Å². The molecule has 1 aromatic carbocycles. The Hall–Kier alpha value is -2.14. The van der Waals surface area contributed by atoms with E-state index in [1.807, 2.05) is 6.07 Å². The lowest BCUT2D eigenvalue weighted by atomic mass is 10.1. The van der Waals surface area contributed by atoms with Crippen LogP contribution in [0.2, 0.25) is 0 Å². The second kappa shape index (κ2) is 6.10. The summed E-state index contributed by atoms with van der Waals surface area (Å²) in [6, 6.07) is 12.1. The van der Waals surface area contributed by atoms with Crippen molar-refractivity contribution in [3.8, 4) is 0 Å². The van der Waals surface area contributed by atoms with Gasteiger partial charge in [0.2, 0.25) is 0 Å². The maximum Gasteiger partial charge on any atom is 0.273 e. The molecule has 5 heteroatoms. The molecule has 1 N–H and O–H groups in total. The Labute approximate surface area is 123 Å². The molecule has 2 aromatic rings. The highest BCUT2D eigenvalue weighted by Crippen LogP contribution is 2.19. The highest BCUT2D eigenvalue weighted by molar-refractivity contribution is 5.92. The normalized spacial score (nSPS) is 22.3. The third-order valence-electron chi connectivity index (χ3n) is 3.92. The molecule has 1 amide bonds. The predicted molar refractivity (Wildman–Crippen MR) is 78.6 cm³/mol. The smallest absolute Gasteiger partial charge is 0.273 e. The molecule has 1 saturated heterocycles. The number of carbonyl (C=O) groups is 1. The van der Waals surface area contributed by atoms with E-state index in [0.29, 0.717) is 11.6 Å². The van der Waals surface area contributed by atoms with Crippen LogP contribution in [0.3, 0.4) is 0 Å². The van der Waals surface area contributed by atoms with Gasteiger partial charge in [-0.3, -0.25) is 9.69 Å². The third kappa shape index (κ3) is 3.31. The van der Waals surface area contributed by atoms with Crippen molar-refractivity contribution < 1.29 is 9.32 Å². The van der Waals surface area contributed by atoms with E-state index in [1.54, 1.807) is 6.07 Å². The maximum absolute atomic E-state index is 12.0. The van der Waals surface area contributed by atoms with Gasteiger partial charge in [-0.1, -0.05) is 42.4 Å². The molecule has 1 aliphatic heterocycles. The summed E-state index contributed by atoms with van der Waals surface area (Å²) in [5.41, 5.74) is 1.64. The van der Waals surface area contributed by atoms with Gasteiger partial charge in [-0.15, -0.1) is 0 Å². The van der Waals surface area contributed by atoms with E-state index in [-0.39, 0.29) is 11.9 Å². The Morgan fingerprint density at radius 1 is 1.33 bits per heavy atom. The van der Waals surface area contributed by atoms with Crippen molar-refractivity contribution in [3.05, 3.63) is 53.9 Å². The molecular weight excluding hydrogens is 266 g/mol.